The number of hydrogen-bond donors (Lipinski definition) is 0. The van der Waals surface area contributed by atoms with Crippen molar-refractivity contribution in [1.29, 1.82) is 0 Å². The third-order valence-corrected chi connectivity index (χ3v) is 3.96. The molecule has 3 rings (SSSR count). The van der Waals surface area contributed by atoms with Gasteiger partial charge in [0.2, 0.25) is 0 Å². The summed E-state index contributed by atoms with van der Waals surface area (Å²) < 4.78 is 11.7. The molecule has 0 N–H and O–H groups in total. The predicted octanol–water partition coefficient (Wildman–Crippen LogP) is 5.07. The number of ether oxygens (including phenoxy) is 2. The fourth-order valence-electron chi connectivity index (χ4n) is 2.90. The van der Waals surface area contributed by atoms with E-state index >= 15 is 0 Å². The van der Waals surface area contributed by atoms with Crippen LogP contribution in [0.15, 0.2) is 48.5 Å². The zero-order valence-electron chi connectivity index (χ0n) is 12.5. The lowest BCUT2D eigenvalue weighted by molar-refractivity contribution is 0.210. The van der Waals surface area contributed by atoms with Crippen molar-refractivity contribution < 1.29 is 9.47 Å². The van der Waals surface area contributed by atoms with Gasteiger partial charge in [0, 0.05) is 5.56 Å². The molecule has 1 fully saturated rings. The van der Waals surface area contributed by atoms with Gasteiger partial charge in [0.25, 0.3) is 0 Å². The standard InChI is InChI=1S/C19H22O2/c1-2-20-19-10-6-5-9-18(19)15-11-13-17(14-12-15)21-16-7-3-4-8-16/h5-6,9-14,16H,2-4,7-8H2,1H3. The lowest BCUT2D eigenvalue weighted by atomic mass is 10.0. The first kappa shape index (κ1) is 14.0. The Morgan fingerprint density at radius 2 is 1.67 bits per heavy atom. The maximum Gasteiger partial charge on any atom is 0.127 e. The minimum absolute atomic E-state index is 0.409. The first-order valence-electron chi connectivity index (χ1n) is 7.85. The lowest BCUT2D eigenvalue weighted by Crippen LogP contribution is -2.10. The van der Waals surface area contributed by atoms with Crippen LogP contribution in [0.2, 0.25) is 0 Å². The number of para-hydroxylation sites is 1. The molecular formula is C19H22O2. The van der Waals surface area contributed by atoms with Crippen molar-refractivity contribution >= 4 is 0 Å². The van der Waals surface area contributed by atoms with Crippen molar-refractivity contribution in [2.75, 3.05) is 6.61 Å². The van der Waals surface area contributed by atoms with E-state index < -0.39 is 0 Å². The van der Waals surface area contributed by atoms with E-state index in [1.54, 1.807) is 0 Å². The fourth-order valence-corrected chi connectivity index (χ4v) is 2.90. The van der Waals surface area contributed by atoms with Crippen LogP contribution in [0.25, 0.3) is 11.1 Å². The Balaban J connectivity index is 1.77. The molecule has 2 aromatic carbocycles. The Labute approximate surface area is 126 Å². The van der Waals surface area contributed by atoms with Gasteiger partial charge < -0.3 is 9.47 Å². The maximum atomic E-state index is 6.01. The van der Waals surface area contributed by atoms with E-state index in [-0.39, 0.29) is 0 Å². The molecule has 110 valence electrons. The molecule has 1 aliphatic rings. The minimum Gasteiger partial charge on any atom is -0.493 e. The predicted molar refractivity (Wildman–Crippen MR) is 85.9 cm³/mol. The monoisotopic (exact) mass is 282 g/mol. The third kappa shape index (κ3) is 3.38. The summed E-state index contributed by atoms with van der Waals surface area (Å²) in [7, 11) is 0. The second kappa shape index (κ2) is 6.66. The quantitative estimate of drug-likeness (QED) is 0.762. The van der Waals surface area contributed by atoms with Gasteiger partial charge in [-0.05, 0) is 56.4 Å². The summed E-state index contributed by atoms with van der Waals surface area (Å²) in [6, 6.07) is 16.5. The zero-order chi connectivity index (χ0) is 14.5. The van der Waals surface area contributed by atoms with Crippen LogP contribution in [-0.4, -0.2) is 12.7 Å². The summed E-state index contributed by atoms with van der Waals surface area (Å²) in [6.07, 6.45) is 5.38. The molecule has 0 heterocycles. The van der Waals surface area contributed by atoms with Crippen molar-refractivity contribution in [1.82, 2.24) is 0 Å². The summed E-state index contributed by atoms with van der Waals surface area (Å²) in [5.41, 5.74) is 2.30. The molecular weight excluding hydrogens is 260 g/mol. The van der Waals surface area contributed by atoms with Gasteiger partial charge in [-0.25, -0.2) is 0 Å². The minimum atomic E-state index is 0.409. The Hall–Kier alpha value is -1.96. The van der Waals surface area contributed by atoms with Gasteiger partial charge in [-0.1, -0.05) is 30.3 Å². The van der Waals surface area contributed by atoms with Gasteiger partial charge in [-0.3, -0.25) is 0 Å². The maximum absolute atomic E-state index is 6.01. The molecule has 0 unspecified atom stereocenters. The van der Waals surface area contributed by atoms with Crippen LogP contribution in [0.4, 0.5) is 0 Å². The van der Waals surface area contributed by atoms with Crippen LogP contribution in [0, 0.1) is 0 Å². The highest BCUT2D eigenvalue weighted by Crippen LogP contribution is 2.32. The van der Waals surface area contributed by atoms with E-state index in [0.29, 0.717) is 12.7 Å². The SMILES string of the molecule is CCOc1ccccc1-c1ccc(OC2CCCC2)cc1. The smallest absolute Gasteiger partial charge is 0.127 e. The number of benzene rings is 2. The summed E-state index contributed by atoms with van der Waals surface area (Å²) >= 11 is 0. The Kier molecular flexibility index (Phi) is 4.44. The molecule has 0 aliphatic heterocycles. The van der Waals surface area contributed by atoms with Crippen molar-refractivity contribution in [3.05, 3.63) is 48.5 Å². The summed E-state index contributed by atoms with van der Waals surface area (Å²) in [5, 5.41) is 0. The molecule has 2 heteroatoms. The van der Waals surface area contributed by atoms with E-state index in [1.165, 1.54) is 25.7 Å². The van der Waals surface area contributed by atoms with E-state index in [1.807, 2.05) is 25.1 Å². The molecule has 0 amide bonds. The summed E-state index contributed by atoms with van der Waals surface area (Å²) in [5.74, 6) is 1.91. The molecule has 0 saturated heterocycles. The lowest BCUT2D eigenvalue weighted by Gasteiger charge is -2.14. The van der Waals surface area contributed by atoms with E-state index in [2.05, 4.69) is 30.3 Å². The molecule has 0 bridgehead atoms. The topological polar surface area (TPSA) is 18.5 Å². The molecule has 1 saturated carbocycles. The van der Waals surface area contributed by atoms with E-state index in [4.69, 9.17) is 9.47 Å². The van der Waals surface area contributed by atoms with Gasteiger partial charge in [0.05, 0.1) is 12.7 Å². The van der Waals surface area contributed by atoms with E-state index in [0.717, 1.165) is 22.6 Å². The second-order valence-electron chi connectivity index (χ2n) is 5.48. The van der Waals surface area contributed by atoms with Crippen molar-refractivity contribution in [3.8, 4) is 22.6 Å². The first-order valence-corrected chi connectivity index (χ1v) is 7.85. The highest BCUT2D eigenvalue weighted by molar-refractivity contribution is 5.70. The van der Waals surface area contributed by atoms with Crippen LogP contribution in [0.3, 0.4) is 0 Å². The fraction of sp³-hybridized carbons (Fsp3) is 0.368. The van der Waals surface area contributed by atoms with Gasteiger partial charge >= 0.3 is 0 Å². The average Bonchev–Trinajstić information content (AvgIpc) is 3.02. The Bertz CT molecular complexity index is 568. The normalized spacial score (nSPS) is 15.1. The molecule has 0 aromatic heterocycles. The third-order valence-electron chi connectivity index (χ3n) is 3.96. The summed E-state index contributed by atoms with van der Waals surface area (Å²) in [4.78, 5) is 0. The van der Waals surface area contributed by atoms with Gasteiger partial charge in [-0.15, -0.1) is 0 Å². The van der Waals surface area contributed by atoms with Gasteiger partial charge in [0.15, 0.2) is 0 Å². The number of rotatable bonds is 5. The van der Waals surface area contributed by atoms with Crippen LogP contribution >= 0.6 is 0 Å². The van der Waals surface area contributed by atoms with Crippen molar-refractivity contribution in [3.63, 3.8) is 0 Å². The van der Waals surface area contributed by atoms with Crippen LogP contribution in [-0.2, 0) is 0 Å². The number of hydrogen-bond acceptors (Lipinski definition) is 2. The van der Waals surface area contributed by atoms with Crippen LogP contribution in [0.1, 0.15) is 32.6 Å². The zero-order valence-corrected chi connectivity index (χ0v) is 12.5. The van der Waals surface area contributed by atoms with Gasteiger partial charge in [-0.2, -0.15) is 0 Å². The van der Waals surface area contributed by atoms with Crippen LogP contribution in [0.5, 0.6) is 11.5 Å². The molecule has 0 atom stereocenters. The summed E-state index contributed by atoms with van der Waals surface area (Å²) in [6.45, 7) is 2.69. The van der Waals surface area contributed by atoms with Gasteiger partial charge in [0.1, 0.15) is 11.5 Å². The second-order valence-corrected chi connectivity index (χ2v) is 5.48. The molecule has 2 nitrogen and oxygen atoms in total. The molecule has 21 heavy (non-hydrogen) atoms. The van der Waals surface area contributed by atoms with Crippen molar-refractivity contribution in [2.24, 2.45) is 0 Å². The largest absolute Gasteiger partial charge is 0.493 e. The van der Waals surface area contributed by atoms with E-state index in [9.17, 15) is 0 Å². The Morgan fingerprint density at radius 3 is 2.38 bits per heavy atom. The molecule has 2 aromatic rings. The first-order chi connectivity index (χ1) is 10.4. The molecule has 1 aliphatic carbocycles. The molecule has 0 spiro atoms. The average molecular weight is 282 g/mol. The Morgan fingerprint density at radius 1 is 0.952 bits per heavy atom. The van der Waals surface area contributed by atoms with Crippen molar-refractivity contribution in [2.45, 2.75) is 38.7 Å². The molecule has 0 radical (unpaired) electrons. The van der Waals surface area contributed by atoms with Crippen LogP contribution < -0.4 is 9.47 Å². The highest BCUT2D eigenvalue weighted by atomic mass is 16.5. The highest BCUT2D eigenvalue weighted by Gasteiger charge is 2.16.